The third-order valence-electron chi connectivity index (χ3n) is 1.70. The van der Waals surface area contributed by atoms with Gasteiger partial charge in [0.2, 0.25) is 11.8 Å². The fourth-order valence-corrected chi connectivity index (χ4v) is 0.840. The van der Waals surface area contributed by atoms with Crippen LogP contribution in [0.4, 0.5) is 10.3 Å². The summed E-state index contributed by atoms with van der Waals surface area (Å²) in [5.41, 5.74) is -1.39. The van der Waals surface area contributed by atoms with Crippen molar-refractivity contribution in [2.24, 2.45) is 0 Å². The summed E-state index contributed by atoms with van der Waals surface area (Å²) < 4.78 is 18.1. The molecule has 0 aliphatic rings. The van der Waals surface area contributed by atoms with Crippen molar-refractivity contribution < 1.29 is 13.7 Å². The van der Waals surface area contributed by atoms with E-state index in [4.69, 9.17) is 4.52 Å². The zero-order valence-electron chi connectivity index (χ0n) is 12.4. The third-order valence-corrected chi connectivity index (χ3v) is 1.70. The van der Waals surface area contributed by atoms with Crippen molar-refractivity contribution in [3.63, 3.8) is 0 Å². The number of alkyl halides is 1. The second-order valence-electron chi connectivity index (χ2n) is 3.45. The number of nitrogens with one attached hydrogen (secondary N) is 1. The van der Waals surface area contributed by atoms with E-state index in [0.717, 1.165) is 0 Å². The van der Waals surface area contributed by atoms with Crippen LogP contribution in [-0.2, 0) is 10.5 Å². The quantitative estimate of drug-likeness (QED) is 0.882. The zero-order chi connectivity index (χ0) is 14.8. The molecule has 0 atom stereocenters. The number of nitrogens with zero attached hydrogens (tertiary/aromatic N) is 1. The molecule has 0 saturated heterocycles. The van der Waals surface area contributed by atoms with Crippen molar-refractivity contribution in [1.29, 1.82) is 0 Å². The Morgan fingerprint density at radius 3 is 2.22 bits per heavy atom. The van der Waals surface area contributed by atoms with E-state index < -0.39 is 5.67 Å². The monoisotopic (exact) mass is 260 g/mol. The lowest BCUT2D eigenvalue weighted by atomic mass is 10.1. The number of halogens is 1. The first kappa shape index (κ1) is 19.0. The largest absolute Gasteiger partial charge is 0.338 e. The number of carbonyl (C=O) groups excluding carboxylic acids is 1. The predicted octanol–water partition coefficient (Wildman–Crippen LogP) is 4.28. The molecule has 18 heavy (non-hydrogen) atoms. The van der Waals surface area contributed by atoms with Gasteiger partial charge in [0.1, 0.15) is 5.69 Å². The molecule has 0 spiro atoms. The average molecular weight is 260 g/mol. The Bertz CT molecular complexity index is 330. The number of hydrogen-bond donors (Lipinski definition) is 1. The molecular formula is C13H25FN2O2. The van der Waals surface area contributed by atoms with E-state index in [1.54, 1.807) is 6.92 Å². The molecule has 1 amide bonds. The summed E-state index contributed by atoms with van der Waals surface area (Å²) in [7, 11) is 0. The van der Waals surface area contributed by atoms with Gasteiger partial charge in [0.05, 0.1) is 0 Å². The molecular weight excluding hydrogens is 235 g/mol. The van der Waals surface area contributed by atoms with Gasteiger partial charge in [-0.2, -0.15) is 0 Å². The zero-order valence-corrected chi connectivity index (χ0v) is 12.4. The predicted molar refractivity (Wildman–Crippen MR) is 72.3 cm³/mol. The van der Waals surface area contributed by atoms with Gasteiger partial charge >= 0.3 is 0 Å². The Labute approximate surface area is 109 Å². The third kappa shape index (κ3) is 7.04. The summed E-state index contributed by atoms with van der Waals surface area (Å²) in [5.74, 6) is -0.0121. The number of aromatic nitrogens is 1. The normalized spacial score (nSPS) is 9.56. The standard InChI is InChI=1S/C9H13FN2O2.2C2H6/c1-4-7(13)11-8-5-6(12-14-8)9(2,3)10;2*1-2/h5H,4H2,1-3H3,(H,11,13);2*1-2H3. The minimum Gasteiger partial charge on any atom is -0.338 e. The second kappa shape index (κ2) is 9.62. The van der Waals surface area contributed by atoms with Crippen LogP contribution in [0, 0.1) is 0 Å². The molecule has 0 aliphatic heterocycles. The topological polar surface area (TPSA) is 55.1 Å². The molecule has 0 radical (unpaired) electrons. The highest BCUT2D eigenvalue weighted by atomic mass is 19.1. The number of hydrogen-bond acceptors (Lipinski definition) is 3. The van der Waals surface area contributed by atoms with Crippen molar-refractivity contribution >= 4 is 11.8 Å². The van der Waals surface area contributed by atoms with Crippen LogP contribution < -0.4 is 5.32 Å². The van der Waals surface area contributed by atoms with Gasteiger partial charge in [0, 0.05) is 12.5 Å². The van der Waals surface area contributed by atoms with Crippen LogP contribution in [0.1, 0.15) is 60.6 Å². The summed E-state index contributed by atoms with van der Waals surface area (Å²) in [6.45, 7) is 12.5. The van der Waals surface area contributed by atoms with Crippen LogP contribution in [0.5, 0.6) is 0 Å². The molecule has 1 aromatic heterocycles. The lowest BCUT2D eigenvalue weighted by Gasteiger charge is -2.07. The Morgan fingerprint density at radius 1 is 1.39 bits per heavy atom. The van der Waals surface area contributed by atoms with Crippen LogP contribution in [0.3, 0.4) is 0 Å². The molecule has 0 aliphatic carbocycles. The van der Waals surface area contributed by atoms with Gasteiger partial charge in [-0.3, -0.25) is 10.1 Å². The fourth-order valence-electron chi connectivity index (χ4n) is 0.840. The first-order valence-corrected chi connectivity index (χ1v) is 6.39. The molecule has 5 heteroatoms. The first-order valence-electron chi connectivity index (χ1n) is 6.39. The maximum atomic E-state index is 13.3. The summed E-state index contributed by atoms with van der Waals surface area (Å²) in [5, 5.41) is 5.96. The fraction of sp³-hybridized carbons (Fsp3) is 0.692. The molecule has 0 unspecified atom stereocenters. The van der Waals surface area contributed by atoms with Gasteiger partial charge in [-0.15, -0.1) is 0 Å². The smallest absolute Gasteiger partial charge is 0.231 e. The Kier molecular flexibility index (Phi) is 10.1. The van der Waals surface area contributed by atoms with Gasteiger partial charge in [-0.05, 0) is 13.8 Å². The molecule has 0 saturated carbocycles. The molecule has 4 nitrogen and oxygen atoms in total. The van der Waals surface area contributed by atoms with Crippen LogP contribution in [0.2, 0.25) is 0 Å². The van der Waals surface area contributed by atoms with Crippen LogP contribution in [-0.4, -0.2) is 11.1 Å². The molecule has 106 valence electrons. The first-order chi connectivity index (χ1) is 8.43. The second-order valence-corrected chi connectivity index (χ2v) is 3.45. The van der Waals surface area contributed by atoms with Crippen LogP contribution >= 0.6 is 0 Å². The summed E-state index contributed by atoms with van der Waals surface area (Å²) >= 11 is 0. The Morgan fingerprint density at radius 2 is 1.89 bits per heavy atom. The molecule has 1 heterocycles. The maximum Gasteiger partial charge on any atom is 0.231 e. The summed E-state index contributed by atoms with van der Waals surface area (Å²) in [6.07, 6.45) is 0.342. The highest BCUT2D eigenvalue weighted by Gasteiger charge is 2.23. The van der Waals surface area contributed by atoms with Crippen LogP contribution in [0.15, 0.2) is 10.6 Å². The van der Waals surface area contributed by atoms with E-state index in [1.807, 2.05) is 27.7 Å². The average Bonchev–Trinajstić information content (AvgIpc) is 2.82. The van der Waals surface area contributed by atoms with Gasteiger partial charge in [-0.25, -0.2) is 4.39 Å². The Balaban J connectivity index is 0. The molecule has 0 bridgehead atoms. The van der Waals surface area contributed by atoms with E-state index in [9.17, 15) is 9.18 Å². The van der Waals surface area contributed by atoms with Crippen molar-refractivity contribution in [3.8, 4) is 0 Å². The number of anilines is 1. The van der Waals surface area contributed by atoms with Crippen molar-refractivity contribution in [1.82, 2.24) is 5.16 Å². The van der Waals surface area contributed by atoms with Gasteiger partial charge < -0.3 is 4.52 Å². The van der Waals surface area contributed by atoms with Gasteiger partial charge in [-0.1, -0.05) is 39.8 Å². The van der Waals surface area contributed by atoms with Gasteiger partial charge in [0.25, 0.3) is 0 Å². The highest BCUT2D eigenvalue weighted by molar-refractivity contribution is 5.89. The summed E-state index contributed by atoms with van der Waals surface area (Å²) in [4.78, 5) is 10.9. The van der Waals surface area contributed by atoms with E-state index in [2.05, 4.69) is 10.5 Å². The van der Waals surface area contributed by atoms with Crippen molar-refractivity contribution in [3.05, 3.63) is 11.8 Å². The molecule has 0 fully saturated rings. The Hall–Kier alpha value is -1.39. The molecule has 1 aromatic rings. The number of rotatable bonds is 3. The molecule has 1 N–H and O–H groups in total. The minimum atomic E-state index is -1.56. The van der Waals surface area contributed by atoms with E-state index in [1.165, 1.54) is 19.9 Å². The van der Waals surface area contributed by atoms with E-state index in [0.29, 0.717) is 6.42 Å². The van der Waals surface area contributed by atoms with Crippen molar-refractivity contribution in [2.45, 2.75) is 60.6 Å². The highest BCUT2D eigenvalue weighted by Crippen LogP contribution is 2.25. The molecule has 0 aromatic carbocycles. The number of carbonyl (C=O) groups is 1. The maximum absolute atomic E-state index is 13.3. The van der Waals surface area contributed by atoms with Crippen LogP contribution in [0.25, 0.3) is 0 Å². The van der Waals surface area contributed by atoms with E-state index >= 15 is 0 Å². The molecule has 1 rings (SSSR count). The minimum absolute atomic E-state index is 0.170. The van der Waals surface area contributed by atoms with Gasteiger partial charge in [0.15, 0.2) is 5.67 Å². The van der Waals surface area contributed by atoms with E-state index in [-0.39, 0.29) is 17.5 Å². The lowest BCUT2D eigenvalue weighted by molar-refractivity contribution is -0.116. The number of amides is 1. The summed E-state index contributed by atoms with van der Waals surface area (Å²) in [6, 6.07) is 1.38. The van der Waals surface area contributed by atoms with Crippen molar-refractivity contribution in [2.75, 3.05) is 5.32 Å². The lowest BCUT2D eigenvalue weighted by Crippen LogP contribution is -2.10. The SMILES string of the molecule is CC.CC.CCC(=O)Nc1cc(C(C)(C)F)no1.